The highest BCUT2D eigenvalue weighted by atomic mass is 79.9. The van der Waals surface area contributed by atoms with Gasteiger partial charge in [0.15, 0.2) is 16.7 Å². The number of furan rings is 1. The van der Waals surface area contributed by atoms with Crippen molar-refractivity contribution < 1.29 is 9.21 Å². The monoisotopic (exact) mass is 432 g/mol. The summed E-state index contributed by atoms with van der Waals surface area (Å²) in [5.41, 5.74) is 1.19. The quantitative estimate of drug-likeness (QED) is 0.429. The fourth-order valence-corrected chi connectivity index (χ4v) is 3.44. The maximum Gasteiger partial charge on any atom is 0.287 e. The maximum absolute atomic E-state index is 12.0. The van der Waals surface area contributed by atoms with Crippen molar-refractivity contribution in [2.45, 2.75) is 24.0 Å². The van der Waals surface area contributed by atoms with E-state index in [1.807, 2.05) is 16.7 Å². The van der Waals surface area contributed by atoms with Crippen molar-refractivity contribution in [1.82, 2.24) is 20.1 Å². The third-order valence-corrected chi connectivity index (χ3v) is 5.10. The number of thioether (sulfide) groups is 1. The Bertz CT molecular complexity index is 875. The summed E-state index contributed by atoms with van der Waals surface area (Å²) in [7, 11) is 0. The van der Waals surface area contributed by atoms with E-state index in [1.54, 1.807) is 30.0 Å². The van der Waals surface area contributed by atoms with Crippen LogP contribution in [0.2, 0.25) is 0 Å². The molecule has 0 atom stereocenters. The predicted octanol–water partition coefficient (Wildman–Crippen LogP) is 4.04. The Labute approximate surface area is 163 Å². The van der Waals surface area contributed by atoms with E-state index in [4.69, 9.17) is 4.42 Å². The molecule has 0 saturated heterocycles. The molecule has 0 saturated carbocycles. The molecule has 1 amide bonds. The molecule has 1 N–H and O–H groups in total. The number of benzene rings is 1. The van der Waals surface area contributed by atoms with Gasteiger partial charge in [0.05, 0.1) is 12.8 Å². The van der Waals surface area contributed by atoms with Crippen LogP contribution in [0.4, 0.5) is 0 Å². The van der Waals surface area contributed by atoms with Crippen LogP contribution in [0.1, 0.15) is 21.9 Å². The van der Waals surface area contributed by atoms with E-state index in [0.717, 1.165) is 15.4 Å². The first-order valence-electron chi connectivity index (χ1n) is 7.89. The van der Waals surface area contributed by atoms with Gasteiger partial charge in [0.25, 0.3) is 5.91 Å². The van der Waals surface area contributed by atoms with Crippen molar-refractivity contribution in [3.63, 3.8) is 0 Å². The van der Waals surface area contributed by atoms with Crippen LogP contribution in [0, 0.1) is 0 Å². The van der Waals surface area contributed by atoms with Crippen molar-refractivity contribution in [2.24, 2.45) is 0 Å². The molecule has 8 heteroatoms. The number of nitrogens with zero attached hydrogens (tertiary/aromatic N) is 3. The third kappa shape index (κ3) is 4.64. The molecular formula is C18H17BrN4O2S. The van der Waals surface area contributed by atoms with Gasteiger partial charge in [-0.1, -0.05) is 45.9 Å². The highest BCUT2D eigenvalue weighted by molar-refractivity contribution is 9.10. The zero-order chi connectivity index (χ0) is 18.4. The average molecular weight is 433 g/mol. The van der Waals surface area contributed by atoms with Gasteiger partial charge in [0, 0.05) is 16.8 Å². The van der Waals surface area contributed by atoms with Crippen molar-refractivity contribution in [3.8, 4) is 0 Å². The molecule has 0 bridgehead atoms. The molecule has 0 spiro atoms. The Kier molecular flexibility index (Phi) is 6.30. The zero-order valence-corrected chi connectivity index (χ0v) is 16.3. The number of nitrogens with one attached hydrogen (secondary N) is 1. The maximum atomic E-state index is 12.0. The Morgan fingerprint density at radius 3 is 2.81 bits per heavy atom. The first-order valence-corrected chi connectivity index (χ1v) is 9.67. The third-order valence-electron chi connectivity index (χ3n) is 3.54. The van der Waals surface area contributed by atoms with E-state index in [1.165, 1.54) is 11.8 Å². The normalized spacial score (nSPS) is 10.7. The standard InChI is InChI=1S/C18H17BrN4O2S/c1-2-9-23-16(11-20-17(24)15-4-3-10-25-15)21-22-18(23)26-12-13-5-7-14(19)8-6-13/h2-8,10H,1,9,11-12H2,(H,20,24). The van der Waals surface area contributed by atoms with Crippen LogP contribution < -0.4 is 5.32 Å². The van der Waals surface area contributed by atoms with E-state index in [-0.39, 0.29) is 18.2 Å². The first kappa shape index (κ1) is 18.5. The second kappa shape index (κ2) is 8.86. The van der Waals surface area contributed by atoms with Crippen molar-refractivity contribution in [3.05, 3.63) is 76.9 Å². The minimum Gasteiger partial charge on any atom is -0.459 e. The van der Waals surface area contributed by atoms with Gasteiger partial charge in [-0.3, -0.25) is 4.79 Å². The summed E-state index contributed by atoms with van der Waals surface area (Å²) in [5.74, 6) is 1.43. The second-order valence-corrected chi connectivity index (χ2v) is 7.23. The summed E-state index contributed by atoms with van der Waals surface area (Å²) >= 11 is 5.03. The summed E-state index contributed by atoms with van der Waals surface area (Å²) in [5, 5.41) is 12.0. The number of hydrogen-bond acceptors (Lipinski definition) is 5. The van der Waals surface area contributed by atoms with Crippen LogP contribution >= 0.6 is 27.7 Å². The highest BCUT2D eigenvalue weighted by Crippen LogP contribution is 2.23. The largest absolute Gasteiger partial charge is 0.459 e. The Hall–Kier alpha value is -2.32. The fraction of sp³-hybridized carbons (Fsp3) is 0.167. The Balaban J connectivity index is 1.66. The molecule has 3 rings (SSSR count). The lowest BCUT2D eigenvalue weighted by Crippen LogP contribution is -2.24. The lowest BCUT2D eigenvalue weighted by Gasteiger charge is -2.08. The van der Waals surface area contributed by atoms with Crippen LogP contribution in [-0.2, 0) is 18.8 Å². The number of carbonyl (C=O) groups is 1. The summed E-state index contributed by atoms with van der Waals surface area (Å²) in [4.78, 5) is 12.0. The Morgan fingerprint density at radius 1 is 1.31 bits per heavy atom. The number of allylic oxidation sites excluding steroid dienone is 1. The van der Waals surface area contributed by atoms with E-state index in [2.05, 4.69) is 50.2 Å². The predicted molar refractivity (Wildman–Crippen MR) is 104 cm³/mol. The topological polar surface area (TPSA) is 73.0 Å². The van der Waals surface area contributed by atoms with Gasteiger partial charge in [-0.15, -0.1) is 16.8 Å². The molecule has 2 heterocycles. The second-order valence-electron chi connectivity index (χ2n) is 5.37. The van der Waals surface area contributed by atoms with Gasteiger partial charge in [0.2, 0.25) is 0 Å². The van der Waals surface area contributed by atoms with E-state index < -0.39 is 0 Å². The highest BCUT2D eigenvalue weighted by Gasteiger charge is 2.14. The number of hydrogen-bond donors (Lipinski definition) is 1. The molecule has 26 heavy (non-hydrogen) atoms. The molecule has 0 aliphatic heterocycles. The zero-order valence-electron chi connectivity index (χ0n) is 13.9. The fourth-order valence-electron chi connectivity index (χ4n) is 2.25. The summed E-state index contributed by atoms with van der Waals surface area (Å²) < 4.78 is 8.08. The van der Waals surface area contributed by atoms with Gasteiger partial charge in [-0.05, 0) is 29.8 Å². The summed E-state index contributed by atoms with van der Waals surface area (Å²) in [6.45, 7) is 4.62. The van der Waals surface area contributed by atoms with Gasteiger partial charge in [-0.2, -0.15) is 0 Å². The minimum absolute atomic E-state index is 0.263. The lowest BCUT2D eigenvalue weighted by molar-refractivity contribution is 0.0921. The van der Waals surface area contributed by atoms with E-state index in [0.29, 0.717) is 12.4 Å². The number of halogens is 1. The molecule has 0 aliphatic rings. The van der Waals surface area contributed by atoms with Crippen LogP contribution in [0.25, 0.3) is 0 Å². The lowest BCUT2D eigenvalue weighted by atomic mass is 10.2. The molecule has 134 valence electrons. The van der Waals surface area contributed by atoms with Gasteiger partial charge < -0.3 is 14.3 Å². The summed E-state index contributed by atoms with van der Waals surface area (Å²) in [6, 6.07) is 11.4. The minimum atomic E-state index is -0.285. The smallest absolute Gasteiger partial charge is 0.287 e. The molecule has 3 aromatic rings. The van der Waals surface area contributed by atoms with Crippen molar-refractivity contribution in [1.29, 1.82) is 0 Å². The average Bonchev–Trinajstić information content (AvgIpc) is 3.30. The number of aromatic nitrogens is 3. The van der Waals surface area contributed by atoms with Crippen LogP contribution in [0.5, 0.6) is 0 Å². The molecular weight excluding hydrogens is 416 g/mol. The number of carbonyl (C=O) groups excluding carboxylic acids is 1. The van der Waals surface area contributed by atoms with E-state index in [9.17, 15) is 4.79 Å². The van der Waals surface area contributed by atoms with Gasteiger partial charge in [-0.25, -0.2) is 0 Å². The molecule has 6 nitrogen and oxygen atoms in total. The Morgan fingerprint density at radius 2 is 2.12 bits per heavy atom. The van der Waals surface area contributed by atoms with Crippen LogP contribution in [0.3, 0.4) is 0 Å². The first-order chi connectivity index (χ1) is 12.7. The molecule has 0 aliphatic carbocycles. The molecule has 0 radical (unpaired) electrons. The van der Waals surface area contributed by atoms with Crippen LogP contribution in [0.15, 0.2) is 69.4 Å². The molecule has 0 unspecified atom stereocenters. The van der Waals surface area contributed by atoms with E-state index >= 15 is 0 Å². The molecule has 0 fully saturated rings. The molecule has 2 aromatic heterocycles. The van der Waals surface area contributed by atoms with Gasteiger partial charge >= 0.3 is 0 Å². The van der Waals surface area contributed by atoms with Crippen molar-refractivity contribution in [2.75, 3.05) is 0 Å². The molecule has 1 aromatic carbocycles. The van der Waals surface area contributed by atoms with Crippen LogP contribution in [-0.4, -0.2) is 20.7 Å². The number of amides is 1. The summed E-state index contributed by atoms with van der Waals surface area (Å²) in [6.07, 6.45) is 3.25. The number of rotatable bonds is 8. The SMILES string of the molecule is C=CCn1c(CNC(=O)c2ccco2)nnc1SCc1ccc(Br)cc1. The van der Waals surface area contributed by atoms with Crippen molar-refractivity contribution >= 4 is 33.6 Å². The van der Waals surface area contributed by atoms with Gasteiger partial charge in [0.1, 0.15) is 0 Å².